The van der Waals surface area contributed by atoms with E-state index in [0.717, 1.165) is 42.7 Å². The molecular weight excluding hydrogens is 479 g/mol. The lowest BCUT2D eigenvalue weighted by atomic mass is 10.0. The number of hydrogen-bond acceptors (Lipinski definition) is 3. The molecule has 0 atom stereocenters. The maximum atomic E-state index is 12.0. The van der Waals surface area contributed by atoms with Gasteiger partial charge >= 0.3 is 0 Å². The van der Waals surface area contributed by atoms with Crippen molar-refractivity contribution in [2.24, 2.45) is 0 Å². The first-order valence-electron chi connectivity index (χ1n) is 11.9. The summed E-state index contributed by atoms with van der Waals surface area (Å²) in [6, 6.07) is 0. The summed E-state index contributed by atoms with van der Waals surface area (Å²) in [6.07, 6.45) is 18.5. The molecule has 5 heteroatoms. The molecule has 0 bridgehead atoms. The fraction of sp³-hybridized carbons (Fsp3) is 0.957. The maximum absolute atomic E-state index is 12.0. The van der Waals surface area contributed by atoms with Crippen molar-refractivity contribution in [3.63, 3.8) is 0 Å². The van der Waals surface area contributed by atoms with E-state index < -0.39 is 0 Å². The van der Waals surface area contributed by atoms with E-state index in [1.54, 1.807) is 11.8 Å². The van der Waals surface area contributed by atoms with E-state index in [1.807, 2.05) is 0 Å². The zero-order valence-corrected chi connectivity index (χ0v) is 21.8. The van der Waals surface area contributed by atoms with Crippen LogP contribution in [0.1, 0.15) is 96.8 Å². The number of carbonyl (C=O) groups excluding carboxylic acids is 1. The van der Waals surface area contributed by atoms with Crippen LogP contribution in [0.25, 0.3) is 0 Å². The average molecular weight is 527 g/mol. The minimum Gasteiger partial charge on any atom is -1.00 e. The number of likely N-dealkylation sites (N-methyl/N-ethyl adjacent to an activating group) is 1. The summed E-state index contributed by atoms with van der Waals surface area (Å²) in [5.41, 5.74) is 0. The van der Waals surface area contributed by atoms with Gasteiger partial charge in [0.15, 0.2) is 5.12 Å². The first kappa shape index (κ1) is 28.7. The molecule has 1 saturated heterocycles. The molecule has 0 aliphatic carbocycles. The summed E-state index contributed by atoms with van der Waals surface area (Å²) in [5, 5.41) is 3.83. The number of piperazine rings is 1. The van der Waals surface area contributed by atoms with Crippen LogP contribution >= 0.6 is 11.8 Å². The van der Waals surface area contributed by atoms with Crippen LogP contribution in [0.15, 0.2) is 0 Å². The summed E-state index contributed by atoms with van der Waals surface area (Å²) >= 11 is 1.58. The highest BCUT2D eigenvalue weighted by Crippen LogP contribution is 2.15. The summed E-state index contributed by atoms with van der Waals surface area (Å²) in [5.74, 6) is 0.994. The van der Waals surface area contributed by atoms with Gasteiger partial charge in [-0.1, -0.05) is 95.7 Å². The number of rotatable bonds is 17. The topological polar surface area (TPSA) is 29.1 Å². The number of unbranched alkanes of at least 4 members (excludes halogenated alkanes) is 12. The first-order chi connectivity index (χ1) is 13.2. The molecular formula is C23H47IN2OS. The van der Waals surface area contributed by atoms with Gasteiger partial charge in [-0.25, -0.2) is 0 Å². The van der Waals surface area contributed by atoms with E-state index in [9.17, 15) is 4.79 Å². The van der Waals surface area contributed by atoms with Gasteiger partial charge in [0.05, 0.1) is 32.4 Å². The van der Waals surface area contributed by atoms with Crippen LogP contribution < -0.4 is 29.3 Å². The third-order valence-electron chi connectivity index (χ3n) is 6.04. The van der Waals surface area contributed by atoms with E-state index in [-0.39, 0.29) is 24.0 Å². The lowest BCUT2D eigenvalue weighted by Crippen LogP contribution is -3.00. The third-order valence-corrected chi connectivity index (χ3v) is 6.95. The van der Waals surface area contributed by atoms with Gasteiger partial charge in [0.2, 0.25) is 0 Å². The Bertz CT molecular complexity index is 363. The lowest BCUT2D eigenvalue weighted by molar-refractivity contribution is -0.908. The maximum Gasteiger partial charge on any atom is 0.189 e. The van der Waals surface area contributed by atoms with Gasteiger partial charge < -0.3 is 33.8 Å². The molecule has 1 N–H and O–H groups in total. The molecule has 0 radical (unpaired) electrons. The Morgan fingerprint density at radius 3 is 1.79 bits per heavy atom. The third kappa shape index (κ3) is 16.5. The Morgan fingerprint density at radius 2 is 1.29 bits per heavy atom. The summed E-state index contributed by atoms with van der Waals surface area (Å²) in [6.45, 7) is 8.06. The highest BCUT2D eigenvalue weighted by molar-refractivity contribution is 8.13. The quantitative estimate of drug-likeness (QED) is 0.180. The van der Waals surface area contributed by atoms with E-state index in [1.165, 1.54) is 90.1 Å². The Labute approximate surface area is 197 Å². The molecule has 0 aromatic rings. The van der Waals surface area contributed by atoms with Crippen LogP contribution in [-0.4, -0.2) is 55.1 Å². The van der Waals surface area contributed by atoms with E-state index >= 15 is 0 Å². The van der Waals surface area contributed by atoms with Crippen molar-refractivity contribution in [1.29, 1.82) is 0 Å². The van der Waals surface area contributed by atoms with E-state index in [4.69, 9.17) is 0 Å². The molecule has 0 aromatic heterocycles. The summed E-state index contributed by atoms with van der Waals surface area (Å²) in [7, 11) is 2.33. The SMILES string of the molecule is CCCCCCCCCCCCCCCC(=O)SCC[N+]1(C)CCNCC1.[I-]. The zero-order chi connectivity index (χ0) is 19.6. The second-order valence-corrected chi connectivity index (χ2v) is 9.91. The number of quaternary nitrogens is 1. The van der Waals surface area contributed by atoms with Crippen molar-refractivity contribution in [2.45, 2.75) is 96.8 Å². The standard InChI is InChI=1S/C23H47N2OS.HI/c1-3-4-5-6-7-8-9-10-11-12-13-14-15-16-23(26)27-22-21-25(2)19-17-24-18-20-25;/h24H,3-22H2,1-2H3;1H/q+1;/p-1. The van der Waals surface area contributed by atoms with Gasteiger partial charge in [-0.05, 0) is 6.42 Å². The normalized spacial score (nSPS) is 15.9. The number of thioether (sulfide) groups is 1. The van der Waals surface area contributed by atoms with E-state index in [2.05, 4.69) is 19.3 Å². The van der Waals surface area contributed by atoms with Gasteiger partial charge in [0.25, 0.3) is 0 Å². The summed E-state index contributed by atoms with van der Waals surface area (Å²) < 4.78 is 1.13. The summed E-state index contributed by atoms with van der Waals surface area (Å²) in [4.78, 5) is 12.0. The number of carbonyl (C=O) groups is 1. The second-order valence-electron chi connectivity index (χ2n) is 8.75. The molecule has 1 heterocycles. The molecule has 1 fully saturated rings. The van der Waals surface area contributed by atoms with Crippen LogP contribution in [-0.2, 0) is 4.79 Å². The highest BCUT2D eigenvalue weighted by atomic mass is 127. The molecule has 3 nitrogen and oxygen atoms in total. The molecule has 168 valence electrons. The molecule has 1 aliphatic heterocycles. The van der Waals surface area contributed by atoms with Crippen molar-refractivity contribution < 1.29 is 33.3 Å². The molecule has 1 aliphatic rings. The smallest absolute Gasteiger partial charge is 0.189 e. The van der Waals surface area contributed by atoms with Gasteiger partial charge in [-0.2, -0.15) is 0 Å². The molecule has 0 unspecified atom stereocenters. The lowest BCUT2D eigenvalue weighted by Gasteiger charge is -2.37. The van der Waals surface area contributed by atoms with E-state index in [0.29, 0.717) is 5.12 Å². The minimum atomic E-state index is 0. The monoisotopic (exact) mass is 526 g/mol. The Balaban J connectivity index is 0.00000729. The Hall–Kier alpha value is 0.670. The molecule has 0 aromatic carbocycles. The van der Waals surface area contributed by atoms with Crippen LogP contribution in [0.3, 0.4) is 0 Å². The van der Waals surface area contributed by atoms with Crippen molar-refractivity contribution in [3.05, 3.63) is 0 Å². The fourth-order valence-corrected chi connectivity index (χ4v) is 4.95. The number of hydrogen-bond donors (Lipinski definition) is 1. The van der Waals surface area contributed by atoms with Crippen LogP contribution in [0, 0.1) is 0 Å². The van der Waals surface area contributed by atoms with Gasteiger partial charge in [-0.3, -0.25) is 4.79 Å². The first-order valence-corrected chi connectivity index (χ1v) is 12.8. The van der Waals surface area contributed by atoms with Crippen molar-refractivity contribution in [3.8, 4) is 0 Å². The van der Waals surface area contributed by atoms with Crippen LogP contribution in [0.2, 0.25) is 0 Å². The van der Waals surface area contributed by atoms with Gasteiger partial charge in [0.1, 0.15) is 0 Å². The molecule has 1 rings (SSSR count). The van der Waals surface area contributed by atoms with Crippen LogP contribution in [0.5, 0.6) is 0 Å². The second kappa shape index (κ2) is 19.6. The van der Waals surface area contributed by atoms with Crippen LogP contribution in [0.4, 0.5) is 0 Å². The predicted molar refractivity (Wildman–Crippen MR) is 121 cm³/mol. The van der Waals surface area contributed by atoms with Gasteiger partial charge in [0, 0.05) is 19.5 Å². The molecule has 0 saturated carbocycles. The number of nitrogens with one attached hydrogen (secondary N) is 1. The number of halogens is 1. The molecule has 0 amide bonds. The Morgan fingerprint density at radius 1 is 0.821 bits per heavy atom. The molecule has 0 spiro atoms. The van der Waals surface area contributed by atoms with Crippen molar-refractivity contribution >= 4 is 16.9 Å². The average Bonchev–Trinajstić information content (AvgIpc) is 2.66. The predicted octanol–water partition coefficient (Wildman–Crippen LogP) is 2.78. The largest absolute Gasteiger partial charge is 1.00 e. The highest BCUT2D eigenvalue weighted by Gasteiger charge is 2.24. The Kier molecular flexibility index (Phi) is 20.1. The fourth-order valence-electron chi connectivity index (χ4n) is 3.90. The zero-order valence-electron chi connectivity index (χ0n) is 18.8. The van der Waals surface area contributed by atoms with Crippen molar-refractivity contribution in [2.75, 3.05) is 45.5 Å². The minimum absolute atomic E-state index is 0. The molecule has 28 heavy (non-hydrogen) atoms. The number of nitrogens with zero attached hydrogens (tertiary/aromatic N) is 1. The van der Waals surface area contributed by atoms with Crippen molar-refractivity contribution in [1.82, 2.24) is 5.32 Å². The van der Waals surface area contributed by atoms with Gasteiger partial charge in [-0.15, -0.1) is 0 Å².